The molecule has 1 N–H and O–H groups in total. The maximum absolute atomic E-state index is 11.8. The number of ether oxygens (including phenoxy) is 1. The molecule has 0 bridgehead atoms. The zero-order valence-electron chi connectivity index (χ0n) is 12.4. The van der Waals surface area contributed by atoms with E-state index >= 15 is 0 Å². The first-order valence-corrected chi connectivity index (χ1v) is 7.07. The van der Waals surface area contributed by atoms with Gasteiger partial charge in [0, 0.05) is 5.56 Å². The Hall–Kier alpha value is -2.46. The number of cyclic esters (lactones) is 1. The summed E-state index contributed by atoms with van der Waals surface area (Å²) < 4.78 is 4.91. The van der Waals surface area contributed by atoms with Gasteiger partial charge in [-0.15, -0.1) is 0 Å². The Bertz CT molecular complexity index is 746. The molecule has 0 radical (unpaired) electrons. The van der Waals surface area contributed by atoms with Crippen LogP contribution >= 0.6 is 0 Å². The normalized spacial score (nSPS) is 21.0. The first kappa shape index (κ1) is 14.5. The van der Waals surface area contributed by atoms with Crippen molar-refractivity contribution in [2.24, 2.45) is 0 Å². The van der Waals surface area contributed by atoms with Crippen molar-refractivity contribution in [1.82, 2.24) is 0 Å². The summed E-state index contributed by atoms with van der Waals surface area (Å²) in [5.74, 6) is -1.49. The highest BCUT2D eigenvalue weighted by Gasteiger charge is 2.42. The van der Waals surface area contributed by atoms with Crippen molar-refractivity contribution in [2.45, 2.75) is 26.1 Å². The number of carbonyl (C=O) groups excluding carboxylic acids is 2. The van der Waals surface area contributed by atoms with E-state index in [1.54, 1.807) is 12.1 Å². The molecule has 112 valence electrons. The first-order chi connectivity index (χ1) is 10.5. The van der Waals surface area contributed by atoms with Crippen molar-refractivity contribution in [2.75, 3.05) is 0 Å². The second-order valence-electron chi connectivity index (χ2n) is 5.54. The minimum atomic E-state index is -1.66. The molecule has 2 atom stereocenters. The van der Waals surface area contributed by atoms with Gasteiger partial charge in [0.1, 0.15) is 0 Å². The maximum atomic E-state index is 11.8. The summed E-state index contributed by atoms with van der Waals surface area (Å²) in [6.45, 7) is 4.12. The Morgan fingerprint density at radius 1 is 0.909 bits per heavy atom. The molecule has 22 heavy (non-hydrogen) atoms. The summed E-state index contributed by atoms with van der Waals surface area (Å²) >= 11 is 0. The van der Waals surface area contributed by atoms with Gasteiger partial charge in [0.15, 0.2) is 6.10 Å². The molecule has 3 rings (SSSR count). The van der Waals surface area contributed by atoms with E-state index in [4.69, 9.17) is 4.74 Å². The number of carbonyl (C=O) groups is 2. The van der Waals surface area contributed by atoms with Crippen molar-refractivity contribution in [3.63, 3.8) is 0 Å². The number of aryl methyl sites for hydroxylation is 2. The van der Waals surface area contributed by atoms with E-state index in [1.807, 2.05) is 18.2 Å². The van der Waals surface area contributed by atoms with Crippen LogP contribution in [0.1, 0.15) is 22.8 Å². The lowest BCUT2D eigenvalue weighted by molar-refractivity contribution is -0.147. The summed E-state index contributed by atoms with van der Waals surface area (Å²) in [7, 11) is 0. The van der Waals surface area contributed by atoms with Crippen LogP contribution < -0.4 is 0 Å². The van der Waals surface area contributed by atoms with E-state index in [9.17, 15) is 14.7 Å². The molecule has 2 unspecified atom stereocenters. The van der Waals surface area contributed by atoms with Crippen LogP contribution in [0.3, 0.4) is 0 Å². The van der Waals surface area contributed by atoms with Crippen molar-refractivity contribution in [3.8, 4) is 11.1 Å². The number of aliphatic hydroxyl groups is 1. The zero-order chi connectivity index (χ0) is 15.9. The molecular formula is C18H16O4. The Morgan fingerprint density at radius 3 is 2.09 bits per heavy atom. The van der Waals surface area contributed by atoms with E-state index in [0.29, 0.717) is 5.56 Å². The van der Waals surface area contributed by atoms with Crippen LogP contribution in [0.5, 0.6) is 0 Å². The van der Waals surface area contributed by atoms with Crippen LogP contribution in [-0.2, 0) is 14.3 Å². The fraction of sp³-hybridized carbons (Fsp3) is 0.222. The average Bonchev–Trinajstić information content (AvgIpc) is 2.78. The Balaban J connectivity index is 1.88. The molecule has 1 aliphatic heterocycles. The maximum Gasteiger partial charge on any atom is 0.344 e. The van der Waals surface area contributed by atoms with Gasteiger partial charge in [0.2, 0.25) is 11.9 Å². The summed E-state index contributed by atoms with van der Waals surface area (Å²) in [6.07, 6.45) is -2.67. The van der Waals surface area contributed by atoms with E-state index < -0.39 is 24.0 Å². The van der Waals surface area contributed by atoms with Crippen LogP contribution in [0.15, 0.2) is 42.5 Å². The van der Waals surface area contributed by atoms with Gasteiger partial charge in [0.05, 0.1) is 0 Å². The lowest BCUT2D eigenvalue weighted by Crippen LogP contribution is -2.21. The van der Waals surface area contributed by atoms with Crippen molar-refractivity contribution in [3.05, 3.63) is 59.2 Å². The molecule has 0 amide bonds. The van der Waals surface area contributed by atoms with Crippen LogP contribution in [-0.4, -0.2) is 23.0 Å². The van der Waals surface area contributed by atoms with Crippen LogP contribution in [0.2, 0.25) is 0 Å². The monoisotopic (exact) mass is 296 g/mol. The highest BCUT2D eigenvalue weighted by molar-refractivity contribution is 6.09. The number of esters is 1. The number of Topliss-reactive ketones (excluding diaryl/α,β-unsaturated/α-hetero) is 1. The second-order valence-corrected chi connectivity index (χ2v) is 5.54. The highest BCUT2D eigenvalue weighted by Crippen LogP contribution is 2.29. The zero-order valence-corrected chi connectivity index (χ0v) is 12.4. The fourth-order valence-corrected chi connectivity index (χ4v) is 2.50. The SMILES string of the molecule is Cc1ccc(-c2ccc(C3OC(=O)C(O)C3=O)cc2)cc1C. The topological polar surface area (TPSA) is 63.6 Å². The largest absolute Gasteiger partial charge is 0.447 e. The Morgan fingerprint density at radius 2 is 1.55 bits per heavy atom. The minimum absolute atomic E-state index is 0.572. The molecule has 0 saturated carbocycles. The average molecular weight is 296 g/mol. The number of hydrogen-bond donors (Lipinski definition) is 1. The van der Waals surface area contributed by atoms with Gasteiger partial charge in [-0.2, -0.15) is 0 Å². The van der Waals surface area contributed by atoms with E-state index in [1.165, 1.54) is 11.1 Å². The van der Waals surface area contributed by atoms with Gasteiger partial charge in [-0.05, 0) is 36.1 Å². The Labute approximate surface area is 128 Å². The van der Waals surface area contributed by atoms with Gasteiger partial charge < -0.3 is 9.84 Å². The standard InChI is InChI=1S/C18H16O4/c1-10-3-4-14(9-11(10)2)12-5-7-13(8-6-12)17-15(19)16(20)18(21)22-17/h3-9,16-17,20H,1-2H3. The molecule has 1 fully saturated rings. The highest BCUT2D eigenvalue weighted by atomic mass is 16.6. The fourth-order valence-electron chi connectivity index (χ4n) is 2.50. The number of hydrogen-bond acceptors (Lipinski definition) is 4. The molecule has 0 spiro atoms. The second kappa shape index (κ2) is 5.39. The summed E-state index contributed by atoms with van der Waals surface area (Å²) in [5, 5.41) is 9.36. The van der Waals surface area contributed by atoms with Crippen molar-refractivity contribution >= 4 is 11.8 Å². The first-order valence-electron chi connectivity index (χ1n) is 7.07. The van der Waals surface area contributed by atoms with Crippen molar-refractivity contribution in [1.29, 1.82) is 0 Å². The Kier molecular flexibility index (Phi) is 3.54. The summed E-state index contributed by atoms with van der Waals surface area (Å²) in [6, 6.07) is 13.5. The van der Waals surface area contributed by atoms with E-state index in [-0.39, 0.29) is 0 Å². The van der Waals surface area contributed by atoms with Gasteiger partial charge in [-0.3, -0.25) is 4.79 Å². The van der Waals surface area contributed by atoms with Crippen molar-refractivity contribution < 1.29 is 19.4 Å². The smallest absolute Gasteiger partial charge is 0.344 e. The van der Waals surface area contributed by atoms with Gasteiger partial charge in [-0.25, -0.2) is 4.79 Å². The predicted molar refractivity (Wildman–Crippen MR) is 81.2 cm³/mol. The third kappa shape index (κ3) is 2.42. The van der Waals surface area contributed by atoms with Crippen LogP contribution in [0.25, 0.3) is 11.1 Å². The molecule has 2 aromatic carbocycles. The number of ketones is 1. The lowest BCUT2D eigenvalue weighted by atomic mass is 9.97. The predicted octanol–water partition coefficient (Wildman–Crippen LogP) is 2.50. The molecular weight excluding hydrogens is 280 g/mol. The summed E-state index contributed by atoms with van der Waals surface area (Å²) in [5.41, 5.74) is 5.12. The van der Waals surface area contributed by atoms with E-state index in [2.05, 4.69) is 26.0 Å². The van der Waals surface area contributed by atoms with Gasteiger partial charge in [-0.1, -0.05) is 42.5 Å². The molecule has 1 heterocycles. The van der Waals surface area contributed by atoms with Gasteiger partial charge in [0.25, 0.3) is 0 Å². The minimum Gasteiger partial charge on any atom is -0.447 e. The molecule has 0 aliphatic carbocycles. The molecule has 4 nitrogen and oxygen atoms in total. The number of benzene rings is 2. The van der Waals surface area contributed by atoms with E-state index in [0.717, 1.165) is 11.1 Å². The third-order valence-electron chi connectivity index (χ3n) is 4.04. The van der Waals surface area contributed by atoms with Crippen LogP contribution in [0.4, 0.5) is 0 Å². The quantitative estimate of drug-likeness (QED) is 0.683. The molecule has 0 aromatic heterocycles. The molecule has 4 heteroatoms. The number of rotatable bonds is 2. The molecule has 1 aliphatic rings. The number of aliphatic hydroxyl groups excluding tert-OH is 1. The molecule has 2 aromatic rings. The summed E-state index contributed by atoms with van der Waals surface area (Å²) in [4.78, 5) is 23.0. The third-order valence-corrected chi connectivity index (χ3v) is 4.04. The molecule has 1 saturated heterocycles. The van der Waals surface area contributed by atoms with Crippen LogP contribution in [0, 0.1) is 13.8 Å². The lowest BCUT2D eigenvalue weighted by Gasteiger charge is -2.10. The van der Waals surface area contributed by atoms with Gasteiger partial charge >= 0.3 is 5.97 Å².